The zero-order valence-electron chi connectivity index (χ0n) is 13.9. The van der Waals surface area contributed by atoms with Crippen molar-refractivity contribution >= 4 is 23.7 Å². The van der Waals surface area contributed by atoms with E-state index in [1.54, 1.807) is 36.6 Å². The Kier molecular flexibility index (Phi) is 5.41. The van der Waals surface area contributed by atoms with Crippen LogP contribution in [0.3, 0.4) is 0 Å². The van der Waals surface area contributed by atoms with E-state index in [1.165, 1.54) is 11.8 Å². The van der Waals surface area contributed by atoms with Gasteiger partial charge in [-0.1, -0.05) is 30.3 Å². The Labute approximate surface area is 146 Å². The maximum Gasteiger partial charge on any atom is 0.276 e. The Morgan fingerprint density at radius 3 is 2.36 bits per heavy atom. The summed E-state index contributed by atoms with van der Waals surface area (Å²) in [6.07, 6.45) is 5.14. The molecule has 6 nitrogen and oxygen atoms in total. The lowest BCUT2D eigenvalue weighted by molar-refractivity contribution is -0.385. The number of hydrazone groups is 1. The molecule has 2 aromatic rings. The number of benzene rings is 2. The van der Waals surface area contributed by atoms with Crippen molar-refractivity contribution in [2.45, 2.75) is 0 Å². The number of rotatable bonds is 5. The molecule has 3 rings (SSSR count). The van der Waals surface area contributed by atoms with Gasteiger partial charge in [0.2, 0.25) is 0 Å². The van der Waals surface area contributed by atoms with Crippen LogP contribution in [0.25, 0.3) is 6.08 Å². The predicted octanol–water partition coefficient (Wildman–Crippen LogP) is 3.42. The van der Waals surface area contributed by atoms with Gasteiger partial charge >= 0.3 is 0 Å². The molecule has 0 bridgehead atoms. The molecule has 1 aliphatic heterocycles. The standard InChI is InChI=1S/C19H20N4O2/c24-23(25)19-11-5-4-7-17(19)8-6-12-20-22-15-13-21(14-16-22)18-9-2-1-3-10-18/h1-12H,13-16H2/b8-6-,20-12-. The number of para-hydroxylation sites is 2. The van der Waals surface area contributed by atoms with E-state index < -0.39 is 0 Å². The van der Waals surface area contributed by atoms with Gasteiger partial charge in [0.1, 0.15) is 0 Å². The van der Waals surface area contributed by atoms with Gasteiger partial charge in [0.15, 0.2) is 0 Å². The highest BCUT2D eigenvalue weighted by Gasteiger charge is 2.15. The van der Waals surface area contributed by atoms with E-state index in [4.69, 9.17) is 0 Å². The number of allylic oxidation sites excluding steroid dienone is 1. The van der Waals surface area contributed by atoms with Crippen molar-refractivity contribution < 1.29 is 4.92 Å². The van der Waals surface area contributed by atoms with Crippen LogP contribution in [0.4, 0.5) is 11.4 Å². The van der Waals surface area contributed by atoms with Gasteiger partial charge in [-0.25, -0.2) is 0 Å². The molecule has 1 fully saturated rings. The van der Waals surface area contributed by atoms with Crippen molar-refractivity contribution in [1.82, 2.24) is 5.01 Å². The molecular weight excluding hydrogens is 316 g/mol. The topological polar surface area (TPSA) is 62.0 Å². The largest absolute Gasteiger partial charge is 0.368 e. The molecule has 0 aliphatic carbocycles. The maximum atomic E-state index is 11.0. The first-order valence-electron chi connectivity index (χ1n) is 8.23. The Morgan fingerprint density at radius 2 is 1.64 bits per heavy atom. The molecule has 0 amide bonds. The normalized spacial score (nSPS) is 15.2. The molecule has 0 aromatic heterocycles. The maximum absolute atomic E-state index is 11.0. The Morgan fingerprint density at radius 1 is 0.960 bits per heavy atom. The van der Waals surface area contributed by atoms with Crippen LogP contribution in [0, 0.1) is 10.1 Å². The van der Waals surface area contributed by atoms with Gasteiger partial charge in [-0.3, -0.25) is 15.1 Å². The lowest BCUT2D eigenvalue weighted by Crippen LogP contribution is -2.44. The third-order valence-electron chi connectivity index (χ3n) is 4.10. The van der Waals surface area contributed by atoms with Gasteiger partial charge in [0, 0.05) is 31.1 Å². The van der Waals surface area contributed by atoms with Crippen LogP contribution in [0.1, 0.15) is 5.56 Å². The first-order chi connectivity index (χ1) is 12.2. The smallest absolute Gasteiger partial charge is 0.276 e. The Bertz CT molecular complexity index is 766. The van der Waals surface area contributed by atoms with Crippen molar-refractivity contribution in [2.24, 2.45) is 5.10 Å². The fourth-order valence-corrected chi connectivity index (χ4v) is 2.78. The number of hydrogen-bond donors (Lipinski definition) is 0. The van der Waals surface area contributed by atoms with Crippen LogP contribution < -0.4 is 4.90 Å². The summed E-state index contributed by atoms with van der Waals surface area (Å²) in [6.45, 7) is 3.56. The fourth-order valence-electron chi connectivity index (χ4n) is 2.78. The zero-order chi connectivity index (χ0) is 17.5. The summed E-state index contributed by atoms with van der Waals surface area (Å²) >= 11 is 0. The molecule has 128 valence electrons. The molecule has 0 N–H and O–H groups in total. The summed E-state index contributed by atoms with van der Waals surface area (Å²) in [4.78, 5) is 12.9. The summed E-state index contributed by atoms with van der Waals surface area (Å²) in [5.74, 6) is 0. The van der Waals surface area contributed by atoms with Crippen molar-refractivity contribution in [2.75, 3.05) is 31.1 Å². The van der Waals surface area contributed by atoms with E-state index in [0.29, 0.717) is 5.56 Å². The van der Waals surface area contributed by atoms with E-state index in [1.807, 2.05) is 23.2 Å². The van der Waals surface area contributed by atoms with Gasteiger partial charge in [-0.05, 0) is 30.4 Å². The van der Waals surface area contributed by atoms with E-state index in [9.17, 15) is 10.1 Å². The minimum atomic E-state index is -0.375. The monoisotopic (exact) mass is 336 g/mol. The Hall–Kier alpha value is -3.15. The highest BCUT2D eigenvalue weighted by Crippen LogP contribution is 2.19. The highest BCUT2D eigenvalue weighted by molar-refractivity contribution is 5.79. The zero-order valence-corrected chi connectivity index (χ0v) is 13.9. The van der Waals surface area contributed by atoms with Gasteiger partial charge in [0.05, 0.1) is 23.6 Å². The second kappa shape index (κ2) is 8.10. The quantitative estimate of drug-likeness (QED) is 0.477. The van der Waals surface area contributed by atoms with E-state index in [2.05, 4.69) is 22.1 Å². The number of hydrogen-bond acceptors (Lipinski definition) is 5. The molecule has 0 spiro atoms. The van der Waals surface area contributed by atoms with Crippen LogP contribution in [-0.4, -0.2) is 42.3 Å². The average Bonchev–Trinajstić information content (AvgIpc) is 2.66. The molecule has 0 unspecified atom stereocenters. The first kappa shape index (κ1) is 16.7. The molecule has 1 saturated heterocycles. The van der Waals surface area contributed by atoms with E-state index in [0.717, 1.165) is 26.2 Å². The summed E-state index contributed by atoms with van der Waals surface area (Å²) in [5, 5.41) is 17.4. The Balaban J connectivity index is 1.53. The van der Waals surface area contributed by atoms with Crippen LogP contribution >= 0.6 is 0 Å². The van der Waals surface area contributed by atoms with Crippen LogP contribution in [0.2, 0.25) is 0 Å². The van der Waals surface area contributed by atoms with Crippen LogP contribution in [0.15, 0.2) is 65.8 Å². The van der Waals surface area contributed by atoms with Crippen LogP contribution in [-0.2, 0) is 0 Å². The number of nitrogens with zero attached hydrogens (tertiary/aromatic N) is 4. The van der Waals surface area contributed by atoms with Gasteiger partial charge < -0.3 is 4.90 Å². The molecule has 1 heterocycles. The lowest BCUT2D eigenvalue weighted by Gasteiger charge is -2.34. The third kappa shape index (κ3) is 4.44. The number of anilines is 1. The molecule has 6 heteroatoms. The summed E-state index contributed by atoms with van der Waals surface area (Å²) in [7, 11) is 0. The van der Waals surface area contributed by atoms with Crippen molar-refractivity contribution in [3.05, 3.63) is 76.4 Å². The van der Waals surface area contributed by atoms with Gasteiger partial charge in [-0.2, -0.15) is 5.10 Å². The molecule has 25 heavy (non-hydrogen) atoms. The molecular formula is C19H20N4O2. The second-order valence-corrected chi connectivity index (χ2v) is 5.72. The van der Waals surface area contributed by atoms with Crippen molar-refractivity contribution in [3.63, 3.8) is 0 Å². The van der Waals surface area contributed by atoms with E-state index in [-0.39, 0.29) is 10.6 Å². The van der Waals surface area contributed by atoms with Gasteiger partial charge in [0.25, 0.3) is 5.69 Å². The highest BCUT2D eigenvalue weighted by atomic mass is 16.6. The second-order valence-electron chi connectivity index (χ2n) is 5.72. The minimum Gasteiger partial charge on any atom is -0.368 e. The molecule has 0 radical (unpaired) electrons. The number of nitro benzene ring substituents is 1. The molecule has 0 saturated carbocycles. The molecule has 2 aromatic carbocycles. The minimum absolute atomic E-state index is 0.101. The third-order valence-corrected chi connectivity index (χ3v) is 4.10. The average molecular weight is 336 g/mol. The van der Waals surface area contributed by atoms with Crippen molar-refractivity contribution in [3.8, 4) is 0 Å². The van der Waals surface area contributed by atoms with Crippen molar-refractivity contribution in [1.29, 1.82) is 0 Å². The summed E-state index contributed by atoms with van der Waals surface area (Å²) in [6, 6.07) is 17.0. The SMILES string of the molecule is O=[N+]([O-])c1ccccc1/C=C\C=N/N1CCN(c2ccccc2)CC1. The van der Waals surface area contributed by atoms with Crippen LogP contribution in [0.5, 0.6) is 0 Å². The summed E-state index contributed by atoms with van der Waals surface area (Å²) < 4.78 is 0. The number of piperazine rings is 1. The molecule has 1 aliphatic rings. The lowest BCUT2D eigenvalue weighted by atomic mass is 10.1. The fraction of sp³-hybridized carbons (Fsp3) is 0.211. The number of nitro groups is 1. The summed E-state index contributed by atoms with van der Waals surface area (Å²) in [5.41, 5.74) is 1.92. The van der Waals surface area contributed by atoms with Gasteiger partial charge in [-0.15, -0.1) is 0 Å². The van der Waals surface area contributed by atoms with E-state index >= 15 is 0 Å². The molecule has 0 atom stereocenters. The predicted molar refractivity (Wildman–Crippen MR) is 101 cm³/mol. The first-order valence-corrected chi connectivity index (χ1v) is 8.23.